The molecule has 8 rings (SSSR count). The van der Waals surface area contributed by atoms with Gasteiger partial charge in [0.25, 0.3) is 50.6 Å². The molecule has 8 N–H and O–H groups in total. The number of anilines is 2. The third-order valence-electron chi connectivity index (χ3n) is 10.7. The first-order valence-corrected chi connectivity index (χ1v) is 28.0. The van der Waals surface area contributed by atoms with Crippen molar-refractivity contribution in [3.8, 4) is 5.75 Å². The van der Waals surface area contributed by atoms with Gasteiger partial charge in [-0.05, 0) is 97.9 Å². The SMILES string of the molecule is CCOc1cc(N=Nc2ccc(N=Nc3cccc(S(=O)(=O)O)c3)c3ccc(S(=O)(=O)O)cc23)c2cc(S(=O)(=O)O)ccc2c1N/N=C1/C(=O)c2ccc(N)c(N=Nc3cccc(S(=O)(=O)O)c3)c2C=C1S(=O)(=O)O. The molecule has 1 aliphatic carbocycles. The summed E-state index contributed by atoms with van der Waals surface area (Å²) in [6.45, 7) is 1.50. The van der Waals surface area contributed by atoms with Gasteiger partial charge in [0, 0.05) is 38.7 Å². The number of ether oxygens (including phenoxy) is 1. The van der Waals surface area contributed by atoms with Crippen LogP contribution in [0.1, 0.15) is 22.8 Å². The number of nitrogens with one attached hydrogen (secondary N) is 1. The Balaban J connectivity index is 1.24. The quantitative estimate of drug-likeness (QED) is 0.0218. The molecular weight excluding hydrogens is 1090 g/mol. The van der Waals surface area contributed by atoms with Crippen LogP contribution in [0.2, 0.25) is 0 Å². The van der Waals surface area contributed by atoms with E-state index in [0.717, 1.165) is 54.6 Å². The van der Waals surface area contributed by atoms with Gasteiger partial charge in [0.05, 0.1) is 60.3 Å². The zero-order valence-corrected chi connectivity index (χ0v) is 41.7. The number of nitrogens with zero attached hydrogens (tertiary/aromatic N) is 7. The van der Waals surface area contributed by atoms with E-state index in [-0.39, 0.29) is 90.5 Å². The number of nitrogens with two attached hydrogens (primary N) is 1. The van der Waals surface area contributed by atoms with E-state index in [9.17, 15) is 69.6 Å². The van der Waals surface area contributed by atoms with E-state index >= 15 is 0 Å². The Morgan fingerprint density at radius 3 is 1.56 bits per heavy atom. The normalized spacial score (nSPS) is 14.3. The van der Waals surface area contributed by atoms with Crippen LogP contribution >= 0.6 is 0 Å². The number of allylic oxidation sites excluding steroid dienone is 1. The van der Waals surface area contributed by atoms with Gasteiger partial charge in [0.15, 0.2) is 5.71 Å². The van der Waals surface area contributed by atoms with Crippen molar-refractivity contribution < 1.29 is 74.4 Å². The molecule has 1 aliphatic rings. The number of rotatable bonds is 15. The second-order valence-electron chi connectivity index (χ2n) is 15.6. The summed E-state index contributed by atoms with van der Waals surface area (Å²) >= 11 is 0. The lowest BCUT2D eigenvalue weighted by atomic mass is 9.92. The van der Waals surface area contributed by atoms with E-state index in [1.807, 2.05) is 0 Å². The molecular formula is C44H33N9O17S5. The Bertz CT molecular complexity index is 4360. The molecule has 0 amide bonds. The zero-order chi connectivity index (χ0) is 54.4. The number of carbonyl (C=O) groups is 1. The minimum Gasteiger partial charge on any atom is -0.492 e. The largest absolute Gasteiger partial charge is 0.492 e. The predicted octanol–water partition coefficient (Wildman–Crippen LogP) is 9.10. The highest BCUT2D eigenvalue weighted by atomic mass is 32.2. The molecule has 0 saturated heterocycles. The van der Waals surface area contributed by atoms with E-state index < -0.39 is 86.6 Å². The lowest BCUT2D eigenvalue weighted by Gasteiger charge is -2.19. The van der Waals surface area contributed by atoms with Gasteiger partial charge in [0.1, 0.15) is 22.0 Å². The summed E-state index contributed by atoms with van der Waals surface area (Å²) in [4.78, 5) is 10.9. The molecule has 0 bridgehead atoms. The van der Waals surface area contributed by atoms with E-state index in [4.69, 9.17) is 10.5 Å². The summed E-state index contributed by atoms with van der Waals surface area (Å²) in [6, 6.07) is 22.3. The van der Waals surface area contributed by atoms with Crippen LogP contribution < -0.4 is 15.9 Å². The van der Waals surface area contributed by atoms with Gasteiger partial charge in [-0.2, -0.15) is 57.4 Å². The van der Waals surface area contributed by atoms with E-state index in [0.29, 0.717) is 0 Å². The number of hydrogen-bond donors (Lipinski definition) is 7. The smallest absolute Gasteiger partial charge is 0.296 e. The Hall–Kier alpha value is -8.11. The molecule has 0 aromatic heterocycles. The van der Waals surface area contributed by atoms with Gasteiger partial charge >= 0.3 is 0 Å². The van der Waals surface area contributed by atoms with Gasteiger partial charge in [-0.1, -0.05) is 24.3 Å². The molecule has 26 nitrogen and oxygen atoms in total. The molecule has 0 heterocycles. The van der Waals surface area contributed by atoms with Crippen molar-refractivity contribution in [3.63, 3.8) is 0 Å². The maximum atomic E-state index is 14.2. The summed E-state index contributed by atoms with van der Waals surface area (Å²) < 4.78 is 177. The Morgan fingerprint density at radius 2 is 1.01 bits per heavy atom. The fraction of sp³-hybridized carbons (Fsp3) is 0.0455. The van der Waals surface area contributed by atoms with Crippen LogP contribution in [0.5, 0.6) is 5.75 Å². The first kappa shape index (κ1) is 53.2. The summed E-state index contributed by atoms with van der Waals surface area (Å²) in [5, 5.41) is 28.9. The van der Waals surface area contributed by atoms with Crippen molar-refractivity contribution in [1.29, 1.82) is 0 Å². The van der Waals surface area contributed by atoms with Gasteiger partial charge in [-0.15, -0.1) is 20.5 Å². The molecule has 0 saturated carbocycles. The Morgan fingerprint density at radius 1 is 0.520 bits per heavy atom. The van der Waals surface area contributed by atoms with Crippen LogP contribution in [-0.4, -0.2) is 83.0 Å². The van der Waals surface area contributed by atoms with Crippen molar-refractivity contribution in [1.82, 2.24) is 0 Å². The van der Waals surface area contributed by atoms with Crippen molar-refractivity contribution >= 4 is 135 Å². The Kier molecular flexibility index (Phi) is 14.2. The van der Waals surface area contributed by atoms with Crippen LogP contribution in [0, 0.1) is 0 Å². The summed E-state index contributed by atoms with van der Waals surface area (Å²) in [5.74, 6) is -1.24. The monoisotopic (exact) mass is 1120 g/mol. The third-order valence-corrected chi connectivity index (χ3v) is 15.0. The molecule has 7 aromatic carbocycles. The number of benzene rings is 7. The average molecular weight is 1120 g/mol. The highest BCUT2D eigenvalue weighted by molar-refractivity contribution is 7.91. The highest BCUT2D eigenvalue weighted by Crippen LogP contribution is 2.44. The summed E-state index contributed by atoms with van der Waals surface area (Å²) in [5.41, 5.74) is 6.46. The molecule has 31 heteroatoms. The first-order chi connectivity index (χ1) is 35.1. The van der Waals surface area contributed by atoms with E-state index in [1.54, 1.807) is 6.92 Å². The van der Waals surface area contributed by atoms with E-state index in [1.165, 1.54) is 66.7 Å². The molecule has 7 aromatic rings. The fourth-order valence-electron chi connectivity index (χ4n) is 7.29. The number of ketones is 1. The zero-order valence-electron chi connectivity index (χ0n) is 37.6. The number of azo groups is 3. The topological polar surface area (TPSA) is 423 Å². The van der Waals surface area contributed by atoms with Crippen LogP contribution in [0.25, 0.3) is 27.6 Å². The van der Waals surface area contributed by atoms with Gasteiger partial charge in [0.2, 0.25) is 5.78 Å². The number of fused-ring (bicyclic) bond motifs is 3. The maximum absolute atomic E-state index is 14.2. The molecule has 386 valence electrons. The molecule has 0 fully saturated rings. The van der Waals surface area contributed by atoms with E-state index in [2.05, 4.69) is 41.2 Å². The fourth-order valence-corrected chi connectivity index (χ4v) is 10.00. The lowest BCUT2D eigenvalue weighted by molar-refractivity contribution is 0.106. The second-order valence-corrected chi connectivity index (χ2v) is 22.6. The van der Waals surface area contributed by atoms with Crippen molar-refractivity contribution in [2.24, 2.45) is 35.8 Å². The maximum Gasteiger partial charge on any atom is 0.296 e. The second kappa shape index (κ2) is 20.0. The van der Waals surface area contributed by atoms with Crippen LogP contribution in [0.15, 0.2) is 176 Å². The number of Topliss-reactive ketones (excluding diaryl/α,β-unsaturated/α-hetero) is 1. The summed E-state index contributed by atoms with van der Waals surface area (Å²) in [6.07, 6.45) is 0.832. The van der Waals surface area contributed by atoms with Gasteiger partial charge < -0.3 is 10.5 Å². The predicted molar refractivity (Wildman–Crippen MR) is 270 cm³/mol. The molecule has 0 atom stereocenters. The third kappa shape index (κ3) is 11.5. The van der Waals surface area contributed by atoms with Crippen molar-refractivity contribution in [2.75, 3.05) is 17.8 Å². The highest BCUT2D eigenvalue weighted by Gasteiger charge is 2.35. The molecule has 0 spiro atoms. The minimum atomic E-state index is -5.33. The van der Waals surface area contributed by atoms with Crippen molar-refractivity contribution in [3.05, 3.63) is 131 Å². The number of nitrogen functional groups attached to an aromatic ring is 1. The van der Waals surface area contributed by atoms with Crippen molar-refractivity contribution in [2.45, 2.75) is 26.5 Å². The number of hydrogen-bond acceptors (Lipinski definition) is 21. The Labute approximate surface area is 424 Å². The molecule has 75 heavy (non-hydrogen) atoms. The first-order valence-electron chi connectivity index (χ1n) is 20.8. The lowest BCUT2D eigenvalue weighted by Crippen LogP contribution is -2.27. The minimum absolute atomic E-state index is 0.0000586. The number of hydrazone groups is 1. The van der Waals surface area contributed by atoms with Crippen LogP contribution in [0.4, 0.5) is 45.5 Å². The van der Waals surface area contributed by atoms with Gasteiger partial charge in [-0.3, -0.25) is 33.0 Å². The standard InChI is InChI=1S/C44H33N9O17S5/c1-2-70-39-22-38(50-49-37-16-15-36(29-11-9-27(19-32(29)37)73(61,62)63)48-46-23-5-3-7-25(17-23)71(55,56)57)33-20-28(74(64,65)66)10-12-30(33)42(39)52-53-43-40(75(67,68)69)21-34-31(44(43)54)13-14-35(45)41(34)51-47-24-6-4-8-26(18-24)72(58,59)60/h3-22,52H,2,45H2,1H3,(H,55,56,57)(H,58,59,60)(H,61,62,63)(H,64,65,66)(H,67,68,69)/b48-46?,50-49?,51-47?,53-43+. The molecule has 0 aliphatic heterocycles. The average Bonchev–Trinajstić information content (AvgIpc) is 3.33. The molecule has 0 unspecified atom stereocenters. The summed E-state index contributed by atoms with van der Waals surface area (Å²) in [7, 11) is -24.3. The van der Waals surface area contributed by atoms with Gasteiger partial charge in [-0.25, -0.2) is 0 Å². The van der Waals surface area contributed by atoms with Crippen LogP contribution in [-0.2, 0) is 50.6 Å². The number of carbonyl (C=O) groups excluding carboxylic acids is 1. The van der Waals surface area contributed by atoms with Crippen LogP contribution in [0.3, 0.4) is 0 Å². The molecule has 0 radical (unpaired) electrons.